The highest BCUT2D eigenvalue weighted by Crippen LogP contribution is 2.52. The molecule has 0 bridgehead atoms. The van der Waals surface area contributed by atoms with Gasteiger partial charge in [-0.05, 0) is 29.7 Å². The molecule has 0 amide bonds. The van der Waals surface area contributed by atoms with Crippen molar-refractivity contribution in [3.63, 3.8) is 0 Å². The Morgan fingerprint density at radius 3 is 1.74 bits per heavy atom. The van der Waals surface area contributed by atoms with E-state index in [9.17, 15) is 0 Å². The van der Waals surface area contributed by atoms with E-state index in [0.717, 1.165) is 33.5 Å². The maximum atomic E-state index is 5.31. The van der Waals surface area contributed by atoms with Gasteiger partial charge in [0.25, 0.3) is 0 Å². The summed E-state index contributed by atoms with van der Waals surface area (Å²) in [4.78, 5) is 15.7. The Hall–Kier alpha value is -4.84. The Bertz CT molecular complexity index is 2290. The van der Waals surface area contributed by atoms with E-state index in [1.54, 1.807) is 0 Å². The number of fused-ring (bicyclic) bond motifs is 8. The van der Waals surface area contributed by atoms with Gasteiger partial charge in [-0.2, -0.15) is 0 Å². The number of aromatic nitrogens is 3. The molecule has 2 aromatic heterocycles. The molecule has 0 saturated carbocycles. The molecule has 6 aromatic carbocycles. The molecular weight excluding hydrogens is 563 g/mol. The van der Waals surface area contributed by atoms with Crippen molar-refractivity contribution in [2.45, 2.75) is 19.6 Å². The highest BCUT2D eigenvalue weighted by atomic mass is 32.2. The van der Waals surface area contributed by atoms with Gasteiger partial charge < -0.3 is 0 Å². The summed E-state index contributed by atoms with van der Waals surface area (Å²) in [5, 5.41) is 4.80. The van der Waals surface area contributed by atoms with Gasteiger partial charge in [-0.15, -0.1) is 0 Å². The molecule has 0 N–H and O–H groups in total. The zero-order chi connectivity index (χ0) is 28.3. The summed E-state index contributed by atoms with van der Waals surface area (Å²) in [6.07, 6.45) is 0. The van der Waals surface area contributed by atoms with Crippen molar-refractivity contribution in [2.75, 3.05) is 0 Å². The third kappa shape index (κ3) is 4.00. The average molecular weight is 586 g/mol. The molecule has 3 nitrogen and oxygen atoms in total. The molecule has 3 heterocycles. The Morgan fingerprint density at radius 1 is 0.442 bits per heavy atom. The van der Waals surface area contributed by atoms with E-state index < -0.39 is 0 Å². The van der Waals surface area contributed by atoms with Crippen LogP contribution in [0.3, 0.4) is 0 Å². The van der Waals surface area contributed by atoms with Crippen LogP contribution in [0.1, 0.15) is 0 Å². The van der Waals surface area contributed by atoms with Crippen LogP contribution in [-0.4, -0.2) is 14.5 Å². The first-order valence-corrected chi connectivity index (χ1v) is 15.9. The minimum atomic E-state index is 0.675. The first-order chi connectivity index (χ1) is 21.3. The maximum Gasteiger partial charge on any atom is 0.235 e. The summed E-state index contributed by atoms with van der Waals surface area (Å²) in [5.74, 6) is 0.675. The van der Waals surface area contributed by atoms with Gasteiger partial charge in [0.15, 0.2) is 0 Å². The average Bonchev–Trinajstić information content (AvgIpc) is 3.43. The van der Waals surface area contributed by atoms with Crippen LogP contribution < -0.4 is 0 Å². The van der Waals surface area contributed by atoms with Gasteiger partial charge in [-0.25, -0.2) is 9.97 Å². The van der Waals surface area contributed by atoms with E-state index in [-0.39, 0.29) is 0 Å². The quantitative estimate of drug-likeness (QED) is 0.206. The SMILES string of the molecule is c1ccc(-c2cc(-c3ccccc3)nc(-n3c4c5c(ccc4c4ccc6ccccc6c43)Sc3ccccc3S5)n2)cc1. The molecular formula is C38H23N3S2. The second-order valence-corrected chi connectivity index (χ2v) is 12.8. The molecule has 0 saturated heterocycles. The van der Waals surface area contributed by atoms with E-state index in [1.807, 2.05) is 35.7 Å². The Kier molecular flexibility index (Phi) is 5.68. The van der Waals surface area contributed by atoms with E-state index >= 15 is 0 Å². The fourth-order valence-corrected chi connectivity index (χ4v) is 8.47. The van der Waals surface area contributed by atoms with Crippen LogP contribution in [0, 0.1) is 0 Å². The monoisotopic (exact) mass is 585 g/mol. The number of hydrogen-bond acceptors (Lipinski definition) is 4. The summed E-state index contributed by atoms with van der Waals surface area (Å²) in [7, 11) is 0. The molecule has 5 heteroatoms. The van der Waals surface area contributed by atoms with Crippen molar-refractivity contribution < 1.29 is 0 Å². The van der Waals surface area contributed by atoms with Crippen molar-refractivity contribution in [2.24, 2.45) is 0 Å². The molecule has 0 fully saturated rings. The highest BCUT2D eigenvalue weighted by Gasteiger charge is 2.26. The Morgan fingerprint density at radius 2 is 1.02 bits per heavy atom. The predicted octanol–water partition coefficient (Wildman–Crippen LogP) is 10.7. The molecule has 0 radical (unpaired) electrons. The summed E-state index contributed by atoms with van der Waals surface area (Å²) in [6, 6.07) is 49.3. The molecule has 9 rings (SSSR count). The summed E-state index contributed by atoms with van der Waals surface area (Å²) in [6.45, 7) is 0. The minimum absolute atomic E-state index is 0.675. The van der Waals surface area contributed by atoms with Gasteiger partial charge in [0.1, 0.15) is 0 Å². The molecule has 0 spiro atoms. The van der Waals surface area contributed by atoms with E-state index in [2.05, 4.69) is 132 Å². The van der Waals surface area contributed by atoms with Gasteiger partial charge in [-0.3, -0.25) is 4.57 Å². The Balaban J connectivity index is 1.43. The standard InChI is InChI=1S/C38H23N3S2/c1-3-12-25(13-4-1)30-23-31(26-14-5-2-6-15-26)40-38(39-30)41-35-27-16-8-7-11-24(27)19-20-28(35)29-21-22-34-37(36(29)41)43-33-18-10-9-17-32(33)42-34/h1-23H. The van der Waals surface area contributed by atoms with Crippen LogP contribution >= 0.6 is 23.5 Å². The molecule has 0 unspecified atom stereocenters. The fourth-order valence-electron chi connectivity index (χ4n) is 6.09. The molecule has 8 aromatic rings. The first-order valence-electron chi connectivity index (χ1n) is 14.3. The van der Waals surface area contributed by atoms with E-state index in [0.29, 0.717) is 5.95 Å². The van der Waals surface area contributed by atoms with Crippen molar-refractivity contribution in [1.29, 1.82) is 0 Å². The van der Waals surface area contributed by atoms with Crippen molar-refractivity contribution >= 4 is 56.1 Å². The number of rotatable bonds is 3. The first kappa shape index (κ1) is 24.7. The lowest BCUT2D eigenvalue weighted by molar-refractivity contribution is 0.984. The van der Waals surface area contributed by atoms with E-state index in [1.165, 1.54) is 41.1 Å². The van der Waals surface area contributed by atoms with Crippen LogP contribution in [-0.2, 0) is 0 Å². The molecule has 1 aliphatic heterocycles. The highest BCUT2D eigenvalue weighted by molar-refractivity contribution is 8.05. The molecule has 0 aliphatic carbocycles. The summed E-state index contributed by atoms with van der Waals surface area (Å²) < 4.78 is 2.33. The normalized spacial score (nSPS) is 12.5. The van der Waals surface area contributed by atoms with Gasteiger partial charge in [-0.1, -0.05) is 139 Å². The lowest BCUT2D eigenvalue weighted by Gasteiger charge is -2.20. The van der Waals surface area contributed by atoms with Gasteiger partial charge in [0.2, 0.25) is 5.95 Å². The van der Waals surface area contributed by atoms with Crippen molar-refractivity contribution in [3.05, 3.63) is 140 Å². The summed E-state index contributed by atoms with van der Waals surface area (Å²) in [5.41, 5.74) is 6.22. The molecule has 0 atom stereocenters. The van der Waals surface area contributed by atoms with Crippen LogP contribution in [0.2, 0.25) is 0 Å². The lowest BCUT2D eigenvalue weighted by Crippen LogP contribution is -2.05. The lowest BCUT2D eigenvalue weighted by atomic mass is 10.1. The summed E-state index contributed by atoms with van der Waals surface area (Å²) >= 11 is 3.69. The van der Waals surface area contributed by atoms with Crippen LogP contribution in [0.5, 0.6) is 0 Å². The zero-order valence-electron chi connectivity index (χ0n) is 22.9. The second-order valence-electron chi connectivity index (χ2n) is 10.6. The van der Waals surface area contributed by atoms with Crippen LogP contribution in [0.15, 0.2) is 159 Å². The molecule has 1 aliphatic rings. The van der Waals surface area contributed by atoms with Crippen molar-refractivity contribution in [1.82, 2.24) is 14.5 Å². The predicted molar refractivity (Wildman–Crippen MR) is 179 cm³/mol. The van der Waals surface area contributed by atoms with Crippen molar-refractivity contribution in [3.8, 4) is 28.5 Å². The Labute approximate surface area is 257 Å². The van der Waals surface area contributed by atoms with Gasteiger partial charge in [0, 0.05) is 42.0 Å². The molecule has 43 heavy (non-hydrogen) atoms. The zero-order valence-corrected chi connectivity index (χ0v) is 24.6. The molecule has 202 valence electrons. The maximum absolute atomic E-state index is 5.31. The topological polar surface area (TPSA) is 30.7 Å². The van der Waals surface area contributed by atoms with Gasteiger partial charge in [0.05, 0.1) is 27.3 Å². The van der Waals surface area contributed by atoms with E-state index in [4.69, 9.17) is 9.97 Å². The fraction of sp³-hybridized carbons (Fsp3) is 0. The van der Waals surface area contributed by atoms with Crippen LogP contribution in [0.25, 0.3) is 61.0 Å². The largest absolute Gasteiger partial charge is 0.276 e. The van der Waals surface area contributed by atoms with Gasteiger partial charge >= 0.3 is 0 Å². The minimum Gasteiger partial charge on any atom is -0.276 e. The third-order valence-corrected chi connectivity index (χ3v) is 10.7. The van der Waals surface area contributed by atoms with Crippen LogP contribution in [0.4, 0.5) is 0 Å². The second kappa shape index (κ2) is 9.87. The smallest absolute Gasteiger partial charge is 0.235 e. The number of hydrogen-bond donors (Lipinski definition) is 0. The third-order valence-electron chi connectivity index (χ3n) is 8.07. The number of benzene rings is 6. The number of nitrogens with zero attached hydrogens (tertiary/aromatic N) is 3.